The van der Waals surface area contributed by atoms with E-state index in [2.05, 4.69) is 9.71 Å². The molecule has 0 fully saturated rings. The number of aryl methyl sites for hydroxylation is 1. The lowest BCUT2D eigenvalue weighted by Gasteiger charge is -2.05. The van der Waals surface area contributed by atoms with E-state index in [0.717, 1.165) is 16.9 Å². The summed E-state index contributed by atoms with van der Waals surface area (Å²) >= 11 is 1.08. The fourth-order valence-electron chi connectivity index (χ4n) is 1.44. The predicted octanol–water partition coefficient (Wildman–Crippen LogP) is 2.45. The first-order valence-electron chi connectivity index (χ1n) is 5.44. The van der Waals surface area contributed by atoms with E-state index in [4.69, 9.17) is 0 Å². The van der Waals surface area contributed by atoms with Crippen molar-refractivity contribution < 1.29 is 13.2 Å². The Labute approximate surface area is 115 Å². The molecule has 0 aliphatic rings. The van der Waals surface area contributed by atoms with Gasteiger partial charge in [-0.3, -0.25) is 9.52 Å². The van der Waals surface area contributed by atoms with E-state index >= 15 is 0 Å². The lowest BCUT2D eigenvalue weighted by Crippen LogP contribution is -2.13. The van der Waals surface area contributed by atoms with Crippen LogP contribution in [0.15, 0.2) is 34.5 Å². The van der Waals surface area contributed by atoms with Crippen LogP contribution in [0.1, 0.15) is 23.0 Å². The Bertz CT molecular complexity index is 720. The van der Waals surface area contributed by atoms with E-state index in [9.17, 15) is 13.2 Å². The van der Waals surface area contributed by atoms with Crippen LogP contribution < -0.4 is 4.72 Å². The fourth-order valence-corrected chi connectivity index (χ4v) is 3.55. The first-order chi connectivity index (χ1) is 8.88. The van der Waals surface area contributed by atoms with Crippen molar-refractivity contribution in [2.75, 3.05) is 4.72 Å². The molecule has 19 heavy (non-hydrogen) atoms. The summed E-state index contributed by atoms with van der Waals surface area (Å²) in [7, 11) is -3.66. The van der Waals surface area contributed by atoms with E-state index in [0.29, 0.717) is 0 Å². The van der Waals surface area contributed by atoms with Crippen molar-refractivity contribution in [2.45, 2.75) is 18.7 Å². The maximum Gasteiger partial charge on any atom is 0.263 e. The number of carbonyl (C=O) groups excluding carboxylic acids is 1. The quantitative estimate of drug-likeness (QED) is 0.879. The molecular formula is C12H12N2O3S2. The van der Waals surface area contributed by atoms with Gasteiger partial charge in [0.15, 0.2) is 10.9 Å². The number of Topliss-reactive ketones (excluding diaryl/α,β-unsaturated/α-hetero) is 1. The van der Waals surface area contributed by atoms with Gasteiger partial charge in [0, 0.05) is 12.3 Å². The third kappa shape index (κ3) is 3.18. The van der Waals surface area contributed by atoms with Crippen LogP contribution in [0.2, 0.25) is 0 Å². The van der Waals surface area contributed by atoms with E-state index in [-0.39, 0.29) is 21.5 Å². The molecule has 1 heterocycles. The van der Waals surface area contributed by atoms with Gasteiger partial charge >= 0.3 is 0 Å². The number of nitrogens with zero attached hydrogens (tertiary/aromatic N) is 1. The minimum absolute atomic E-state index is 0.173. The van der Waals surface area contributed by atoms with Crippen LogP contribution in [-0.2, 0) is 10.0 Å². The topological polar surface area (TPSA) is 76.1 Å². The Balaban J connectivity index is 2.28. The number of hydrogen-bond acceptors (Lipinski definition) is 5. The van der Waals surface area contributed by atoms with Crippen LogP contribution in [0.3, 0.4) is 0 Å². The van der Waals surface area contributed by atoms with Gasteiger partial charge in [0.2, 0.25) is 0 Å². The molecule has 0 amide bonds. The molecule has 0 radical (unpaired) electrons. The summed E-state index contributed by atoms with van der Waals surface area (Å²) in [6, 6.07) is 6.57. The number of hydrogen-bond donors (Lipinski definition) is 1. The first-order valence-corrected chi connectivity index (χ1v) is 7.81. The van der Waals surface area contributed by atoms with Crippen LogP contribution >= 0.6 is 11.3 Å². The third-order valence-corrected chi connectivity index (χ3v) is 4.61. The minimum Gasteiger partial charge on any atom is -0.293 e. The summed E-state index contributed by atoms with van der Waals surface area (Å²) in [5.41, 5.74) is 1.11. The Morgan fingerprint density at radius 1 is 1.37 bits per heavy atom. The number of benzene rings is 1. The molecule has 1 aromatic heterocycles. The van der Waals surface area contributed by atoms with E-state index in [1.807, 2.05) is 13.0 Å². The normalized spacial score (nSPS) is 11.3. The van der Waals surface area contributed by atoms with Crippen molar-refractivity contribution in [3.05, 3.63) is 40.9 Å². The zero-order valence-electron chi connectivity index (χ0n) is 10.4. The third-order valence-electron chi connectivity index (χ3n) is 2.39. The Morgan fingerprint density at radius 2 is 2.11 bits per heavy atom. The van der Waals surface area contributed by atoms with Crippen molar-refractivity contribution in [1.82, 2.24) is 4.98 Å². The van der Waals surface area contributed by atoms with Crippen LogP contribution in [-0.4, -0.2) is 19.2 Å². The molecule has 0 spiro atoms. The number of anilines is 1. The molecule has 2 rings (SSSR count). The molecule has 1 aromatic carbocycles. The number of aromatic nitrogens is 1. The van der Waals surface area contributed by atoms with Crippen LogP contribution in [0.5, 0.6) is 0 Å². The summed E-state index contributed by atoms with van der Waals surface area (Å²) < 4.78 is 26.6. The number of rotatable bonds is 4. The van der Waals surface area contributed by atoms with E-state index in [1.165, 1.54) is 18.4 Å². The van der Waals surface area contributed by atoms with Crippen molar-refractivity contribution >= 4 is 32.3 Å². The molecule has 0 unspecified atom stereocenters. The summed E-state index contributed by atoms with van der Waals surface area (Å²) in [5.74, 6) is -0.197. The highest BCUT2D eigenvalue weighted by molar-refractivity contribution is 7.93. The highest BCUT2D eigenvalue weighted by Crippen LogP contribution is 2.20. The van der Waals surface area contributed by atoms with Crippen molar-refractivity contribution in [3.63, 3.8) is 0 Å². The van der Waals surface area contributed by atoms with Gasteiger partial charge < -0.3 is 0 Å². The molecule has 0 saturated carbocycles. The van der Waals surface area contributed by atoms with Crippen molar-refractivity contribution in [3.8, 4) is 0 Å². The molecule has 1 N–H and O–H groups in total. The fraction of sp³-hybridized carbons (Fsp3) is 0.167. The van der Waals surface area contributed by atoms with Crippen LogP contribution in [0, 0.1) is 6.92 Å². The highest BCUT2D eigenvalue weighted by atomic mass is 32.2. The van der Waals surface area contributed by atoms with Gasteiger partial charge in [0.1, 0.15) is 5.69 Å². The second-order valence-corrected chi connectivity index (χ2v) is 6.56. The average Bonchev–Trinajstić information content (AvgIpc) is 2.77. The monoisotopic (exact) mass is 296 g/mol. The van der Waals surface area contributed by atoms with Gasteiger partial charge in [-0.25, -0.2) is 13.4 Å². The number of thiazole rings is 1. The van der Waals surface area contributed by atoms with E-state index in [1.54, 1.807) is 12.1 Å². The Morgan fingerprint density at radius 3 is 2.68 bits per heavy atom. The van der Waals surface area contributed by atoms with E-state index < -0.39 is 10.0 Å². The molecule has 7 heteroatoms. The zero-order chi connectivity index (χ0) is 14.0. The SMILES string of the molecule is CC(=O)c1csc(NS(=O)(=O)c2cccc(C)c2)n1. The van der Waals surface area contributed by atoms with Crippen molar-refractivity contribution in [2.24, 2.45) is 0 Å². The van der Waals surface area contributed by atoms with Gasteiger partial charge in [-0.05, 0) is 24.6 Å². The number of ketones is 1. The van der Waals surface area contributed by atoms with Gasteiger partial charge in [-0.2, -0.15) is 0 Å². The number of carbonyl (C=O) groups is 1. The minimum atomic E-state index is -3.66. The maximum absolute atomic E-state index is 12.1. The van der Waals surface area contributed by atoms with Gasteiger partial charge in [0.05, 0.1) is 4.90 Å². The van der Waals surface area contributed by atoms with Gasteiger partial charge in [-0.1, -0.05) is 12.1 Å². The Hall–Kier alpha value is -1.73. The largest absolute Gasteiger partial charge is 0.293 e. The molecule has 0 aliphatic carbocycles. The van der Waals surface area contributed by atoms with Crippen LogP contribution in [0.4, 0.5) is 5.13 Å². The standard InChI is InChI=1S/C12H12N2O3S2/c1-8-4-3-5-10(6-8)19(16,17)14-12-13-11(7-18-12)9(2)15/h3-7H,1-2H3,(H,13,14). The summed E-state index contributed by atoms with van der Waals surface area (Å²) in [5, 5.41) is 1.71. The molecular weight excluding hydrogens is 284 g/mol. The highest BCUT2D eigenvalue weighted by Gasteiger charge is 2.16. The molecule has 0 bridgehead atoms. The lowest BCUT2D eigenvalue weighted by molar-refractivity contribution is 0.101. The summed E-state index contributed by atoms with van der Waals surface area (Å²) in [6.07, 6.45) is 0. The van der Waals surface area contributed by atoms with Crippen LogP contribution in [0.25, 0.3) is 0 Å². The number of sulfonamides is 1. The Kier molecular flexibility index (Phi) is 3.68. The summed E-state index contributed by atoms with van der Waals surface area (Å²) in [4.78, 5) is 15.2. The molecule has 5 nitrogen and oxygen atoms in total. The molecule has 0 saturated heterocycles. The molecule has 0 aliphatic heterocycles. The zero-order valence-corrected chi connectivity index (χ0v) is 12.0. The first kappa shape index (κ1) is 13.7. The molecule has 2 aromatic rings. The van der Waals surface area contributed by atoms with Crippen molar-refractivity contribution in [1.29, 1.82) is 0 Å². The second kappa shape index (κ2) is 5.10. The molecule has 0 atom stereocenters. The maximum atomic E-state index is 12.1. The second-order valence-electron chi connectivity index (χ2n) is 4.02. The lowest BCUT2D eigenvalue weighted by atomic mass is 10.2. The van der Waals surface area contributed by atoms with Gasteiger partial charge in [-0.15, -0.1) is 11.3 Å². The van der Waals surface area contributed by atoms with Gasteiger partial charge in [0.25, 0.3) is 10.0 Å². The number of nitrogens with one attached hydrogen (secondary N) is 1. The molecule has 100 valence electrons. The summed E-state index contributed by atoms with van der Waals surface area (Å²) in [6.45, 7) is 3.20. The average molecular weight is 296 g/mol. The smallest absolute Gasteiger partial charge is 0.263 e. The predicted molar refractivity (Wildman–Crippen MR) is 74.1 cm³/mol.